The maximum absolute atomic E-state index is 6.38. The molecular weight excluding hydrogens is 478 g/mol. The van der Waals surface area contributed by atoms with E-state index in [4.69, 9.17) is 11.6 Å². The third kappa shape index (κ3) is 4.94. The van der Waals surface area contributed by atoms with Gasteiger partial charge >= 0.3 is 0 Å². The topological polar surface area (TPSA) is 37.2 Å². The smallest absolute Gasteiger partial charge is 0.157 e. The number of aryl methyl sites for hydroxylation is 1. The van der Waals surface area contributed by atoms with Gasteiger partial charge in [-0.3, -0.25) is 4.57 Å². The molecule has 0 radical (unpaired) electrons. The number of likely N-dealkylation sites (tertiary alicyclic amines) is 1. The van der Waals surface area contributed by atoms with E-state index in [2.05, 4.69) is 97.4 Å². The predicted octanol–water partition coefficient (Wildman–Crippen LogP) is 6.54. The highest BCUT2D eigenvalue weighted by Gasteiger charge is 2.25. The Labute approximate surface area is 224 Å². The molecule has 37 heavy (non-hydrogen) atoms. The van der Waals surface area contributed by atoms with Crippen molar-refractivity contribution in [3.63, 3.8) is 0 Å². The lowest BCUT2D eigenvalue weighted by Gasteiger charge is -2.33. The number of rotatable bonds is 6. The summed E-state index contributed by atoms with van der Waals surface area (Å²) >= 11 is 6.38. The van der Waals surface area contributed by atoms with E-state index in [1.807, 2.05) is 13.0 Å². The Kier molecular flexibility index (Phi) is 6.81. The van der Waals surface area contributed by atoms with Gasteiger partial charge in [0.15, 0.2) is 5.82 Å². The van der Waals surface area contributed by atoms with Crippen molar-refractivity contribution in [2.75, 3.05) is 31.1 Å². The molecule has 1 saturated heterocycles. The maximum atomic E-state index is 6.38. The SMILES string of the molecule is Cc1nnc2n1-c1ccccc1N(CCCN1CCC(=C(c3ccccc3)c3cccc(Cl)c3)CC1)C2. The number of hydrogen-bond acceptors (Lipinski definition) is 4. The molecule has 5 nitrogen and oxygen atoms in total. The van der Waals surface area contributed by atoms with Gasteiger partial charge in [0.05, 0.1) is 17.9 Å². The van der Waals surface area contributed by atoms with Crippen molar-refractivity contribution in [2.45, 2.75) is 32.7 Å². The van der Waals surface area contributed by atoms with Crippen molar-refractivity contribution in [3.8, 4) is 5.69 Å². The van der Waals surface area contributed by atoms with Crippen LogP contribution in [0.15, 0.2) is 84.4 Å². The van der Waals surface area contributed by atoms with Crippen LogP contribution in [0.5, 0.6) is 0 Å². The third-order valence-corrected chi connectivity index (χ3v) is 7.81. The van der Waals surface area contributed by atoms with Gasteiger partial charge in [-0.05, 0) is 73.7 Å². The van der Waals surface area contributed by atoms with Crippen molar-refractivity contribution in [2.24, 2.45) is 0 Å². The van der Waals surface area contributed by atoms with Crippen LogP contribution < -0.4 is 4.90 Å². The zero-order chi connectivity index (χ0) is 25.2. The number of para-hydroxylation sites is 2. The molecule has 0 aliphatic carbocycles. The van der Waals surface area contributed by atoms with E-state index in [9.17, 15) is 0 Å². The molecule has 1 aromatic heterocycles. The largest absolute Gasteiger partial charge is 0.362 e. The summed E-state index contributed by atoms with van der Waals surface area (Å²) in [6, 6.07) is 27.7. The summed E-state index contributed by atoms with van der Waals surface area (Å²) < 4.78 is 2.19. The minimum Gasteiger partial charge on any atom is -0.362 e. The van der Waals surface area contributed by atoms with E-state index in [0.717, 1.165) is 68.7 Å². The fourth-order valence-corrected chi connectivity index (χ4v) is 5.99. The molecule has 3 heterocycles. The van der Waals surface area contributed by atoms with E-state index in [0.29, 0.717) is 0 Å². The monoisotopic (exact) mass is 509 g/mol. The summed E-state index contributed by atoms with van der Waals surface area (Å²) in [7, 11) is 0. The van der Waals surface area contributed by atoms with E-state index in [1.54, 1.807) is 0 Å². The number of piperidine rings is 1. The lowest BCUT2D eigenvalue weighted by atomic mass is 9.88. The van der Waals surface area contributed by atoms with Gasteiger partial charge in [-0.15, -0.1) is 10.2 Å². The zero-order valence-electron chi connectivity index (χ0n) is 21.3. The lowest BCUT2D eigenvalue weighted by Crippen LogP contribution is -2.35. The van der Waals surface area contributed by atoms with Crippen LogP contribution in [0.3, 0.4) is 0 Å². The van der Waals surface area contributed by atoms with E-state index >= 15 is 0 Å². The Bertz CT molecular complexity index is 1410. The van der Waals surface area contributed by atoms with Crippen LogP contribution in [0.1, 0.15) is 42.0 Å². The molecule has 4 aromatic rings. The highest BCUT2D eigenvalue weighted by Crippen LogP contribution is 2.34. The van der Waals surface area contributed by atoms with Crippen LogP contribution in [0.4, 0.5) is 5.69 Å². The first-order valence-corrected chi connectivity index (χ1v) is 13.6. The molecule has 0 unspecified atom stereocenters. The summed E-state index contributed by atoms with van der Waals surface area (Å²) in [6.45, 7) is 7.14. The van der Waals surface area contributed by atoms with Crippen LogP contribution in [-0.2, 0) is 6.54 Å². The van der Waals surface area contributed by atoms with Crippen LogP contribution in [0.2, 0.25) is 5.02 Å². The van der Waals surface area contributed by atoms with Gasteiger partial charge in [0.1, 0.15) is 5.82 Å². The third-order valence-electron chi connectivity index (χ3n) is 7.58. The number of halogens is 1. The summed E-state index contributed by atoms with van der Waals surface area (Å²) in [4.78, 5) is 5.08. The highest BCUT2D eigenvalue weighted by molar-refractivity contribution is 6.30. The highest BCUT2D eigenvalue weighted by atomic mass is 35.5. The quantitative estimate of drug-likeness (QED) is 0.296. The first-order chi connectivity index (χ1) is 18.2. The summed E-state index contributed by atoms with van der Waals surface area (Å²) in [5, 5.41) is 9.54. The molecule has 188 valence electrons. The second-order valence-electron chi connectivity index (χ2n) is 9.96. The second kappa shape index (κ2) is 10.5. The van der Waals surface area contributed by atoms with Gasteiger partial charge < -0.3 is 9.80 Å². The molecule has 0 spiro atoms. The Morgan fingerprint density at radius 1 is 0.811 bits per heavy atom. The molecule has 6 rings (SSSR count). The number of hydrogen-bond donors (Lipinski definition) is 0. The molecule has 0 saturated carbocycles. The maximum Gasteiger partial charge on any atom is 0.157 e. The molecular formula is C31H32ClN5. The van der Waals surface area contributed by atoms with Crippen molar-refractivity contribution in [1.82, 2.24) is 19.7 Å². The Balaban J connectivity index is 1.12. The van der Waals surface area contributed by atoms with E-state index in [1.165, 1.54) is 33.6 Å². The van der Waals surface area contributed by atoms with Gasteiger partial charge in [-0.2, -0.15) is 0 Å². The minimum absolute atomic E-state index is 0.789. The molecule has 2 aliphatic heterocycles. The first kappa shape index (κ1) is 24.0. The van der Waals surface area contributed by atoms with Crippen LogP contribution >= 0.6 is 11.6 Å². The van der Waals surface area contributed by atoms with Gasteiger partial charge in [0, 0.05) is 24.7 Å². The molecule has 3 aromatic carbocycles. The molecule has 0 N–H and O–H groups in total. The van der Waals surface area contributed by atoms with E-state index < -0.39 is 0 Å². The molecule has 6 heteroatoms. The standard InChI is InChI=1S/C31H32ClN5/c1-23-33-34-30-22-36(28-13-5-6-14-29(28)37(23)30)18-8-17-35-19-15-25(16-20-35)31(24-9-3-2-4-10-24)26-11-7-12-27(32)21-26/h2-7,9-14,21H,8,15-20,22H2,1H3. The Morgan fingerprint density at radius 2 is 1.54 bits per heavy atom. The van der Waals surface area contributed by atoms with Gasteiger partial charge in [0.25, 0.3) is 0 Å². The average Bonchev–Trinajstić information content (AvgIpc) is 3.31. The van der Waals surface area contributed by atoms with Gasteiger partial charge in [-0.1, -0.05) is 71.8 Å². The van der Waals surface area contributed by atoms with Crippen molar-refractivity contribution >= 4 is 22.9 Å². The molecule has 0 atom stereocenters. The summed E-state index contributed by atoms with van der Waals surface area (Å²) in [5.41, 5.74) is 7.84. The van der Waals surface area contributed by atoms with Crippen LogP contribution in [0, 0.1) is 6.92 Å². The molecule has 2 aliphatic rings. The van der Waals surface area contributed by atoms with Gasteiger partial charge in [0.2, 0.25) is 0 Å². The average molecular weight is 510 g/mol. The predicted molar refractivity (Wildman–Crippen MR) is 151 cm³/mol. The normalized spacial score (nSPS) is 15.4. The van der Waals surface area contributed by atoms with Crippen molar-refractivity contribution in [3.05, 3.63) is 112 Å². The number of benzene rings is 3. The first-order valence-electron chi connectivity index (χ1n) is 13.2. The van der Waals surface area contributed by atoms with Crippen molar-refractivity contribution < 1.29 is 0 Å². The van der Waals surface area contributed by atoms with Gasteiger partial charge in [-0.25, -0.2) is 0 Å². The summed E-state index contributed by atoms with van der Waals surface area (Å²) in [5.74, 6) is 1.98. The number of fused-ring (bicyclic) bond motifs is 3. The fraction of sp³-hybridized carbons (Fsp3) is 0.290. The fourth-order valence-electron chi connectivity index (χ4n) is 5.80. The van der Waals surface area contributed by atoms with Crippen molar-refractivity contribution in [1.29, 1.82) is 0 Å². The van der Waals surface area contributed by atoms with E-state index in [-0.39, 0.29) is 0 Å². The molecule has 0 amide bonds. The number of aromatic nitrogens is 3. The Hall–Kier alpha value is -3.41. The zero-order valence-corrected chi connectivity index (χ0v) is 22.0. The number of nitrogens with zero attached hydrogens (tertiary/aromatic N) is 5. The minimum atomic E-state index is 0.789. The van der Waals surface area contributed by atoms with Crippen LogP contribution in [-0.4, -0.2) is 45.8 Å². The summed E-state index contributed by atoms with van der Waals surface area (Å²) in [6.07, 6.45) is 3.30. The molecule has 1 fully saturated rings. The lowest BCUT2D eigenvalue weighted by molar-refractivity contribution is 0.254. The number of anilines is 1. The molecule has 0 bridgehead atoms. The Morgan fingerprint density at radius 3 is 2.32 bits per heavy atom. The second-order valence-corrected chi connectivity index (χ2v) is 10.4. The van der Waals surface area contributed by atoms with Crippen LogP contribution in [0.25, 0.3) is 11.3 Å².